The van der Waals surface area contributed by atoms with E-state index in [0.29, 0.717) is 41.3 Å². The van der Waals surface area contributed by atoms with E-state index in [2.05, 4.69) is 10.1 Å². The molecule has 0 unspecified atom stereocenters. The number of anilines is 1. The fourth-order valence-corrected chi connectivity index (χ4v) is 4.24. The smallest absolute Gasteiger partial charge is 0.421 e. The molecular formula is C23H21F3N4O3. The second-order valence-electron chi connectivity index (χ2n) is 8.38. The lowest BCUT2D eigenvalue weighted by Gasteiger charge is -2.34. The van der Waals surface area contributed by atoms with Gasteiger partial charge in [0.25, 0.3) is 0 Å². The van der Waals surface area contributed by atoms with Crippen LogP contribution in [0, 0.1) is 0 Å². The number of benzene rings is 1. The molecule has 33 heavy (non-hydrogen) atoms. The molecule has 1 aliphatic carbocycles. The normalized spacial score (nSPS) is 18.2. The Morgan fingerprint density at radius 1 is 1.21 bits per heavy atom. The first-order chi connectivity index (χ1) is 15.7. The molecule has 1 saturated carbocycles. The second kappa shape index (κ2) is 7.79. The number of halogens is 3. The molecule has 0 spiro atoms. The molecule has 0 bridgehead atoms. The summed E-state index contributed by atoms with van der Waals surface area (Å²) in [5, 5.41) is 14.1. The Kier molecular flexibility index (Phi) is 5.02. The van der Waals surface area contributed by atoms with Gasteiger partial charge in [0.05, 0.1) is 17.9 Å². The van der Waals surface area contributed by atoms with Crippen LogP contribution in [-0.4, -0.2) is 32.0 Å². The number of fused-ring (bicyclic) bond motifs is 1. The maximum Gasteiger partial charge on any atom is 0.421 e. The molecule has 2 aromatic heterocycles. The summed E-state index contributed by atoms with van der Waals surface area (Å²) < 4.78 is 48.6. The Hall–Kier alpha value is -3.56. The van der Waals surface area contributed by atoms with Gasteiger partial charge in [-0.15, -0.1) is 0 Å². The number of alkyl halides is 3. The van der Waals surface area contributed by atoms with E-state index in [9.17, 15) is 23.1 Å². The number of carboxylic acid groups (broad SMARTS) is 1. The van der Waals surface area contributed by atoms with E-state index >= 15 is 0 Å². The van der Waals surface area contributed by atoms with Gasteiger partial charge in [-0.05, 0) is 56.9 Å². The highest BCUT2D eigenvalue weighted by Gasteiger charge is 2.37. The van der Waals surface area contributed by atoms with Crippen molar-refractivity contribution < 1.29 is 27.8 Å². The van der Waals surface area contributed by atoms with Gasteiger partial charge in [-0.1, -0.05) is 0 Å². The Morgan fingerprint density at radius 3 is 2.70 bits per heavy atom. The maximum absolute atomic E-state index is 13.6. The third-order valence-electron chi connectivity index (χ3n) is 6.06. The van der Waals surface area contributed by atoms with E-state index < -0.39 is 23.7 Å². The Bertz CT molecular complexity index is 1220. The van der Waals surface area contributed by atoms with Crippen molar-refractivity contribution in [3.8, 4) is 22.8 Å². The molecule has 1 N–H and O–H groups in total. The molecule has 5 rings (SSSR count). The predicted octanol–water partition coefficient (Wildman–Crippen LogP) is 5.91. The van der Waals surface area contributed by atoms with Crippen LogP contribution in [0.15, 0.2) is 42.9 Å². The number of hydrogen-bond donors (Lipinski definition) is 1. The molecule has 1 atom stereocenters. The van der Waals surface area contributed by atoms with Crippen molar-refractivity contribution in [1.82, 2.24) is 14.8 Å². The Morgan fingerprint density at radius 2 is 2.00 bits per heavy atom. The van der Waals surface area contributed by atoms with E-state index in [1.165, 1.54) is 17.2 Å². The topological polar surface area (TPSA) is 80.5 Å². The molecule has 1 aliphatic heterocycles. The first kappa shape index (κ1) is 21.3. The Labute approximate surface area is 187 Å². The van der Waals surface area contributed by atoms with Crippen LogP contribution in [-0.2, 0) is 12.6 Å². The quantitative estimate of drug-likeness (QED) is 0.526. The van der Waals surface area contributed by atoms with Crippen LogP contribution >= 0.6 is 0 Å². The van der Waals surface area contributed by atoms with Crippen LogP contribution in [0.1, 0.15) is 43.4 Å². The van der Waals surface area contributed by atoms with Gasteiger partial charge in [0, 0.05) is 35.1 Å². The van der Waals surface area contributed by atoms with Gasteiger partial charge in [0.15, 0.2) is 0 Å². The van der Waals surface area contributed by atoms with Gasteiger partial charge in [0.2, 0.25) is 5.88 Å². The zero-order valence-electron chi connectivity index (χ0n) is 17.7. The molecule has 10 heteroatoms. The molecule has 0 radical (unpaired) electrons. The van der Waals surface area contributed by atoms with E-state index in [4.69, 9.17) is 4.74 Å². The van der Waals surface area contributed by atoms with Crippen molar-refractivity contribution in [2.24, 2.45) is 0 Å². The molecule has 7 nitrogen and oxygen atoms in total. The van der Waals surface area contributed by atoms with Crippen LogP contribution in [0.4, 0.5) is 23.7 Å². The fraction of sp³-hybridized carbons (Fsp3) is 0.348. The second-order valence-corrected chi connectivity index (χ2v) is 8.38. The van der Waals surface area contributed by atoms with Crippen LogP contribution < -0.4 is 9.64 Å². The van der Waals surface area contributed by atoms with Crippen molar-refractivity contribution in [1.29, 1.82) is 0 Å². The molecule has 1 aromatic carbocycles. The number of nitrogens with zero attached hydrogens (tertiary/aromatic N) is 4. The number of ether oxygens (including phenoxy) is 1. The van der Waals surface area contributed by atoms with Crippen LogP contribution in [0.25, 0.3) is 11.1 Å². The van der Waals surface area contributed by atoms with Crippen LogP contribution in [0.2, 0.25) is 0 Å². The van der Waals surface area contributed by atoms with Crippen molar-refractivity contribution in [3.63, 3.8) is 0 Å². The molecule has 3 aromatic rings. The molecule has 2 aliphatic rings. The first-order valence-corrected chi connectivity index (χ1v) is 10.7. The summed E-state index contributed by atoms with van der Waals surface area (Å²) >= 11 is 0. The summed E-state index contributed by atoms with van der Waals surface area (Å²) in [6, 6.07) is 5.52. The maximum atomic E-state index is 13.6. The van der Waals surface area contributed by atoms with Gasteiger partial charge >= 0.3 is 12.3 Å². The lowest BCUT2D eigenvalue weighted by molar-refractivity contribution is -0.138. The first-order valence-electron chi connectivity index (χ1n) is 10.7. The third kappa shape index (κ3) is 3.90. The van der Waals surface area contributed by atoms with Gasteiger partial charge in [-0.25, -0.2) is 9.78 Å². The number of carbonyl (C=O) groups is 1. The molecule has 0 saturated heterocycles. The van der Waals surface area contributed by atoms with E-state index in [0.717, 1.165) is 18.9 Å². The average Bonchev–Trinajstić information content (AvgIpc) is 3.50. The van der Waals surface area contributed by atoms with Gasteiger partial charge < -0.3 is 9.84 Å². The summed E-state index contributed by atoms with van der Waals surface area (Å²) in [7, 11) is 0. The monoisotopic (exact) mass is 458 g/mol. The number of aromatic nitrogens is 3. The van der Waals surface area contributed by atoms with Crippen molar-refractivity contribution in [2.75, 3.05) is 4.90 Å². The standard InChI is InChI=1S/C23H21F3N4O3/c1-13-4-7-17-19(30(13)22(31)32)9-8-16(14-11-28-29(12-14)15-5-6-15)20(17)33-21-18(23(24,25)26)3-2-10-27-21/h2-3,8-13,15H,4-7H2,1H3,(H,31,32)/t13-/m0/s1. The summed E-state index contributed by atoms with van der Waals surface area (Å²) in [6.45, 7) is 1.80. The van der Waals surface area contributed by atoms with Gasteiger partial charge in [-0.3, -0.25) is 9.58 Å². The zero-order chi connectivity index (χ0) is 23.3. The molecule has 3 heterocycles. The minimum Gasteiger partial charge on any atom is -0.465 e. The van der Waals surface area contributed by atoms with E-state index in [1.807, 2.05) is 10.9 Å². The molecular weight excluding hydrogens is 437 g/mol. The fourth-order valence-electron chi connectivity index (χ4n) is 4.24. The van der Waals surface area contributed by atoms with Crippen molar-refractivity contribution in [2.45, 2.75) is 50.9 Å². The zero-order valence-corrected chi connectivity index (χ0v) is 17.7. The highest BCUT2D eigenvalue weighted by Crippen LogP contribution is 2.46. The van der Waals surface area contributed by atoms with Gasteiger partial charge in [0.1, 0.15) is 11.3 Å². The lowest BCUT2D eigenvalue weighted by Crippen LogP contribution is -2.41. The average molecular weight is 458 g/mol. The summed E-state index contributed by atoms with van der Waals surface area (Å²) in [6.07, 6.45) is 1.96. The summed E-state index contributed by atoms with van der Waals surface area (Å²) in [5.74, 6) is -0.403. The number of hydrogen-bond acceptors (Lipinski definition) is 4. The van der Waals surface area contributed by atoms with Crippen LogP contribution in [0.3, 0.4) is 0 Å². The molecule has 1 fully saturated rings. The predicted molar refractivity (Wildman–Crippen MR) is 114 cm³/mol. The molecule has 1 amide bonds. The minimum absolute atomic E-state index is 0.171. The summed E-state index contributed by atoms with van der Waals surface area (Å²) in [5.41, 5.74) is 1.16. The number of rotatable bonds is 4. The highest BCUT2D eigenvalue weighted by molar-refractivity contribution is 5.91. The number of amides is 1. The largest absolute Gasteiger partial charge is 0.465 e. The van der Waals surface area contributed by atoms with E-state index in [1.54, 1.807) is 25.3 Å². The summed E-state index contributed by atoms with van der Waals surface area (Å²) in [4.78, 5) is 17.0. The van der Waals surface area contributed by atoms with Crippen LogP contribution in [0.5, 0.6) is 11.6 Å². The van der Waals surface area contributed by atoms with Crippen molar-refractivity contribution in [3.05, 3.63) is 54.0 Å². The molecule has 172 valence electrons. The van der Waals surface area contributed by atoms with Gasteiger partial charge in [-0.2, -0.15) is 18.3 Å². The van der Waals surface area contributed by atoms with E-state index in [-0.39, 0.29) is 11.8 Å². The SMILES string of the molecule is C[C@H]1CCc2c(ccc(-c3cnn(C4CC4)c3)c2Oc2ncccc2C(F)(F)F)N1C(=O)O. The third-order valence-corrected chi connectivity index (χ3v) is 6.06. The number of pyridine rings is 1. The minimum atomic E-state index is -4.66. The highest BCUT2D eigenvalue weighted by atomic mass is 19.4. The lowest BCUT2D eigenvalue weighted by atomic mass is 9.92. The Balaban J connectivity index is 1.67. The van der Waals surface area contributed by atoms with Crippen molar-refractivity contribution >= 4 is 11.8 Å².